The van der Waals surface area contributed by atoms with Gasteiger partial charge in [-0.2, -0.15) is 0 Å². The number of nitrogens with zero attached hydrogens (tertiary/aromatic N) is 2. The van der Waals surface area contributed by atoms with Gasteiger partial charge in [0.2, 0.25) is 5.76 Å². The summed E-state index contributed by atoms with van der Waals surface area (Å²) in [5, 5.41) is 2.98. The molecule has 5 nitrogen and oxygen atoms in total. The summed E-state index contributed by atoms with van der Waals surface area (Å²) in [6.45, 7) is 7.74. The zero-order valence-electron chi connectivity index (χ0n) is 12.9. The topological polar surface area (TPSA) is 68.0 Å². The smallest absolute Gasteiger partial charge is 0.289 e. The molecule has 0 aliphatic carbocycles. The largest absolute Gasteiger partial charge is 0.435 e. The molecule has 0 spiro atoms. The first kappa shape index (κ1) is 15.2. The van der Waals surface area contributed by atoms with Crippen molar-refractivity contribution >= 4 is 5.91 Å². The van der Waals surface area contributed by atoms with Crippen LogP contribution in [0.25, 0.3) is 0 Å². The standard InChI is InChI=1S/C16H21N3O2/c1-5-12(14-10(3)8-7-9-17-14)19-16(20)15-11(4)18-13(6-2)21-15/h7-9,12H,5-6H2,1-4H3,(H,19,20)/t12-/m1/s1. The van der Waals surface area contributed by atoms with Crippen LogP contribution in [-0.4, -0.2) is 15.9 Å². The third-order valence-corrected chi connectivity index (χ3v) is 3.44. The van der Waals surface area contributed by atoms with E-state index < -0.39 is 0 Å². The molecule has 112 valence electrons. The van der Waals surface area contributed by atoms with Crippen molar-refractivity contribution in [1.29, 1.82) is 0 Å². The lowest BCUT2D eigenvalue weighted by atomic mass is 10.1. The summed E-state index contributed by atoms with van der Waals surface area (Å²) in [5.41, 5.74) is 2.58. The predicted molar refractivity (Wildman–Crippen MR) is 80.1 cm³/mol. The summed E-state index contributed by atoms with van der Waals surface area (Å²) >= 11 is 0. The second-order valence-electron chi connectivity index (χ2n) is 5.02. The van der Waals surface area contributed by atoms with Gasteiger partial charge in [0, 0.05) is 12.6 Å². The maximum atomic E-state index is 12.4. The summed E-state index contributed by atoms with van der Waals surface area (Å²) in [5.74, 6) is 0.634. The van der Waals surface area contributed by atoms with Gasteiger partial charge in [-0.25, -0.2) is 4.98 Å². The molecule has 0 fully saturated rings. The minimum Gasteiger partial charge on any atom is -0.435 e. The van der Waals surface area contributed by atoms with Gasteiger partial charge in [-0.05, 0) is 31.9 Å². The van der Waals surface area contributed by atoms with Gasteiger partial charge in [-0.3, -0.25) is 9.78 Å². The third-order valence-electron chi connectivity index (χ3n) is 3.44. The van der Waals surface area contributed by atoms with E-state index in [-0.39, 0.29) is 11.9 Å². The van der Waals surface area contributed by atoms with Crippen LogP contribution in [0.3, 0.4) is 0 Å². The van der Waals surface area contributed by atoms with E-state index >= 15 is 0 Å². The summed E-state index contributed by atoms with van der Waals surface area (Å²) in [7, 11) is 0. The molecule has 1 amide bonds. The number of aromatic nitrogens is 2. The summed E-state index contributed by atoms with van der Waals surface area (Å²) in [4.78, 5) is 21.0. The first-order chi connectivity index (χ1) is 10.1. The highest BCUT2D eigenvalue weighted by Crippen LogP contribution is 2.19. The Hall–Kier alpha value is -2.17. The molecule has 2 aromatic heterocycles. The molecule has 0 aliphatic rings. The van der Waals surface area contributed by atoms with Crippen molar-refractivity contribution in [1.82, 2.24) is 15.3 Å². The molecule has 21 heavy (non-hydrogen) atoms. The van der Waals surface area contributed by atoms with Gasteiger partial charge in [0.1, 0.15) is 0 Å². The number of carbonyl (C=O) groups excluding carboxylic acids is 1. The van der Waals surface area contributed by atoms with Crippen molar-refractivity contribution in [3.63, 3.8) is 0 Å². The minimum atomic E-state index is -0.239. The molecular formula is C16H21N3O2. The van der Waals surface area contributed by atoms with Crippen LogP contribution in [0.4, 0.5) is 0 Å². The molecule has 2 heterocycles. The number of hydrogen-bond donors (Lipinski definition) is 1. The van der Waals surface area contributed by atoms with Gasteiger partial charge in [0.15, 0.2) is 5.89 Å². The summed E-state index contributed by atoms with van der Waals surface area (Å²) in [6.07, 6.45) is 3.17. The van der Waals surface area contributed by atoms with E-state index in [0.717, 1.165) is 17.7 Å². The Morgan fingerprint density at radius 2 is 2.14 bits per heavy atom. The molecule has 0 aliphatic heterocycles. The highest BCUT2D eigenvalue weighted by Gasteiger charge is 2.21. The van der Waals surface area contributed by atoms with Crippen LogP contribution in [0.1, 0.15) is 59.7 Å². The molecule has 2 rings (SSSR count). The molecule has 2 aromatic rings. The first-order valence-electron chi connectivity index (χ1n) is 7.25. The van der Waals surface area contributed by atoms with Crippen LogP contribution in [0.15, 0.2) is 22.7 Å². The zero-order valence-corrected chi connectivity index (χ0v) is 12.9. The average Bonchev–Trinajstić information content (AvgIpc) is 2.86. The van der Waals surface area contributed by atoms with E-state index in [1.54, 1.807) is 13.1 Å². The van der Waals surface area contributed by atoms with Crippen LogP contribution < -0.4 is 5.32 Å². The van der Waals surface area contributed by atoms with E-state index in [2.05, 4.69) is 15.3 Å². The maximum Gasteiger partial charge on any atom is 0.289 e. The molecular weight excluding hydrogens is 266 g/mol. The molecule has 0 saturated carbocycles. The number of oxazole rings is 1. The lowest BCUT2D eigenvalue weighted by Crippen LogP contribution is -2.29. The van der Waals surface area contributed by atoms with Gasteiger partial charge in [0.05, 0.1) is 17.4 Å². The summed E-state index contributed by atoms with van der Waals surface area (Å²) < 4.78 is 5.49. The molecule has 0 saturated heterocycles. The minimum absolute atomic E-state index is 0.131. The average molecular weight is 287 g/mol. The Bertz CT molecular complexity index is 634. The number of amides is 1. The second-order valence-corrected chi connectivity index (χ2v) is 5.02. The van der Waals surface area contributed by atoms with E-state index in [1.165, 1.54) is 0 Å². The summed E-state index contributed by atoms with van der Waals surface area (Å²) in [6, 6.07) is 3.75. The molecule has 0 radical (unpaired) electrons. The van der Waals surface area contributed by atoms with Gasteiger partial charge >= 0.3 is 0 Å². The Morgan fingerprint density at radius 3 is 2.71 bits per heavy atom. The zero-order chi connectivity index (χ0) is 15.4. The third kappa shape index (κ3) is 3.29. The maximum absolute atomic E-state index is 12.4. The van der Waals surface area contributed by atoms with Crippen LogP contribution in [0, 0.1) is 13.8 Å². The fourth-order valence-corrected chi connectivity index (χ4v) is 2.26. The van der Waals surface area contributed by atoms with Crippen molar-refractivity contribution in [2.24, 2.45) is 0 Å². The van der Waals surface area contributed by atoms with Gasteiger partial charge < -0.3 is 9.73 Å². The predicted octanol–water partition coefficient (Wildman–Crippen LogP) is 3.13. The Kier molecular flexibility index (Phi) is 4.73. The lowest BCUT2D eigenvalue weighted by molar-refractivity contribution is 0.0904. The Balaban J connectivity index is 2.20. The molecule has 0 unspecified atom stereocenters. The van der Waals surface area contributed by atoms with Crippen molar-refractivity contribution in [3.05, 3.63) is 46.9 Å². The van der Waals surface area contributed by atoms with E-state index in [4.69, 9.17) is 4.42 Å². The van der Waals surface area contributed by atoms with E-state index in [1.807, 2.05) is 32.9 Å². The molecule has 1 atom stereocenters. The quantitative estimate of drug-likeness (QED) is 0.917. The van der Waals surface area contributed by atoms with Crippen LogP contribution in [0.2, 0.25) is 0 Å². The molecule has 0 bridgehead atoms. The number of nitrogens with one attached hydrogen (secondary N) is 1. The Morgan fingerprint density at radius 1 is 1.38 bits per heavy atom. The lowest BCUT2D eigenvalue weighted by Gasteiger charge is -2.17. The number of hydrogen-bond acceptors (Lipinski definition) is 4. The number of pyridine rings is 1. The molecule has 5 heteroatoms. The van der Waals surface area contributed by atoms with Crippen molar-refractivity contribution < 1.29 is 9.21 Å². The molecule has 1 N–H and O–H groups in total. The SMILES string of the molecule is CCc1nc(C)c(C(=O)N[C@H](CC)c2ncccc2C)o1. The monoisotopic (exact) mass is 287 g/mol. The van der Waals surface area contributed by atoms with Crippen LogP contribution in [-0.2, 0) is 6.42 Å². The van der Waals surface area contributed by atoms with E-state index in [9.17, 15) is 4.79 Å². The fourth-order valence-electron chi connectivity index (χ4n) is 2.26. The van der Waals surface area contributed by atoms with Crippen LogP contribution in [0.5, 0.6) is 0 Å². The fraction of sp³-hybridized carbons (Fsp3) is 0.438. The number of rotatable bonds is 5. The van der Waals surface area contributed by atoms with Crippen molar-refractivity contribution in [2.45, 2.75) is 46.6 Å². The number of aryl methyl sites for hydroxylation is 3. The van der Waals surface area contributed by atoms with Crippen LogP contribution >= 0.6 is 0 Å². The highest BCUT2D eigenvalue weighted by atomic mass is 16.4. The van der Waals surface area contributed by atoms with Crippen molar-refractivity contribution in [2.75, 3.05) is 0 Å². The van der Waals surface area contributed by atoms with E-state index in [0.29, 0.717) is 23.8 Å². The van der Waals surface area contributed by atoms with Gasteiger partial charge in [-0.1, -0.05) is 19.9 Å². The Labute approximate surface area is 124 Å². The highest BCUT2D eigenvalue weighted by molar-refractivity contribution is 5.92. The normalized spacial score (nSPS) is 12.2. The van der Waals surface area contributed by atoms with Gasteiger partial charge in [-0.15, -0.1) is 0 Å². The first-order valence-corrected chi connectivity index (χ1v) is 7.25. The molecule has 0 aromatic carbocycles. The number of carbonyl (C=O) groups is 1. The van der Waals surface area contributed by atoms with Gasteiger partial charge in [0.25, 0.3) is 5.91 Å². The van der Waals surface area contributed by atoms with Crippen molar-refractivity contribution in [3.8, 4) is 0 Å². The second kappa shape index (κ2) is 6.52.